The van der Waals surface area contributed by atoms with Gasteiger partial charge in [-0.05, 0) is 19.3 Å². The lowest BCUT2D eigenvalue weighted by Gasteiger charge is -2.28. The van der Waals surface area contributed by atoms with Crippen molar-refractivity contribution in [3.05, 3.63) is 0 Å². The van der Waals surface area contributed by atoms with Gasteiger partial charge < -0.3 is 14.4 Å². The molecule has 0 aromatic heterocycles. The van der Waals surface area contributed by atoms with Gasteiger partial charge >= 0.3 is 5.97 Å². The first kappa shape index (κ1) is 15.1. The van der Waals surface area contributed by atoms with E-state index in [1.54, 1.807) is 18.9 Å². The third-order valence-electron chi connectivity index (χ3n) is 3.08. The lowest BCUT2D eigenvalue weighted by molar-refractivity contribution is -0.224. The number of ketones is 1. The van der Waals surface area contributed by atoms with Crippen molar-refractivity contribution in [1.82, 2.24) is 5.06 Å². The molecule has 1 saturated heterocycles. The summed E-state index contributed by atoms with van der Waals surface area (Å²) in [7, 11) is 0. The normalized spacial score (nSPS) is 24.5. The molecule has 0 aromatic rings. The SMILES string of the molecule is CCC(=O)ON1[C@H](CCC(C)=O)OC[C@@H]1C(C)C. The Morgan fingerprint density at radius 3 is 2.61 bits per heavy atom. The van der Waals surface area contributed by atoms with E-state index in [4.69, 9.17) is 9.57 Å². The molecule has 5 nitrogen and oxygen atoms in total. The summed E-state index contributed by atoms with van der Waals surface area (Å²) < 4.78 is 5.63. The zero-order valence-corrected chi connectivity index (χ0v) is 11.6. The van der Waals surface area contributed by atoms with Crippen molar-refractivity contribution in [2.24, 2.45) is 5.92 Å². The molecule has 0 bridgehead atoms. The van der Waals surface area contributed by atoms with Crippen molar-refractivity contribution >= 4 is 11.8 Å². The fourth-order valence-corrected chi connectivity index (χ4v) is 1.90. The van der Waals surface area contributed by atoms with Crippen LogP contribution in [0.3, 0.4) is 0 Å². The highest BCUT2D eigenvalue weighted by Crippen LogP contribution is 2.26. The highest BCUT2D eigenvalue weighted by atomic mass is 16.8. The van der Waals surface area contributed by atoms with E-state index in [9.17, 15) is 9.59 Å². The maximum Gasteiger partial charge on any atom is 0.324 e. The predicted octanol–water partition coefficient (Wildman–Crippen LogP) is 1.91. The van der Waals surface area contributed by atoms with Gasteiger partial charge in [0.25, 0.3) is 0 Å². The van der Waals surface area contributed by atoms with Crippen molar-refractivity contribution in [2.75, 3.05) is 6.61 Å². The molecule has 1 aliphatic rings. The number of Topliss-reactive ketones (excluding diaryl/α,β-unsaturated/α-hetero) is 1. The van der Waals surface area contributed by atoms with Gasteiger partial charge in [0, 0.05) is 12.8 Å². The van der Waals surface area contributed by atoms with Gasteiger partial charge in [-0.25, -0.2) is 0 Å². The number of hydroxylamine groups is 2. The third-order valence-corrected chi connectivity index (χ3v) is 3.08. The number of rotatable bonds is 6. The molecule has 0 amide bonds. The molecule has 0 radical (unpaired) electrons. The molecule has 2 atom stereocenters. The third kappa shape index (κ3) is 4.07. The highest BCUT2D eigenvalue weighted by Gasteiger charge is 2.38. The van der Waals surface area contributed by atoms with Crippen LogP contribution in [0.5, 0.6) is 0 Å². The molecule has 0 aromatic carbocycles. The minimum absolute atomic E-state index is 0.0671. The number of nitrogens with zero attached hydrogens (tertiary/aromatic N) is 1. The van der Waals surface area contributed by atoms with Gasteiger partial charge in [0.2, 0.25) is 0 Å². The zero-order valence-electron chi connectivity index (χ0n) is 11.6. The van der Waals surface area contributed by atoms with Crippen LogP contribution in [0.2, 0.25) is 0 Å². The van der Waals surface area contributed by atoms with Crippen molar-refractivity contribution in [3.8, 4) is 0 Å². The molecule has 1 heterocycles. The summed E-state index contributed by atoms with van der Waals surface area (Å²) >= 11 is 0. The van der Waals surface area contributed by atoms with Crippen LogP contribution >= 0.6 is 0 Å². The van der Waals surface area contributed by atoms with Crippen LogP contribution < -0.4 is 0 Å². The van der Waals surface area contributed by atoms with E-state index >= 15 is 0 Å². The maximum absolute atomic E-state index is 11.4. The quantitative estimate of drug-likeness (QED) is 0.727. The number of carbonyl (C=O) groups excluding carboxylic acids is 2. The largest absolute Gasteiger partial charge is 0.365 e. The van der Waals surface area contributed by atoms with Gasteiger partial charge in [0.05, 0.1) is 12.6 Å². The Labute approximate surface area is 108 Å². The van der Waals surface area contributed by atoms with Crippen LogP contribution in [-0.4, -0.2) is 35.7 Å². The molecule has 0 N–H and O–H groups in total. The van der Waals surface area contributed by atoms with E-state index < -0.39 is 0 Å². The Hall–Kier alpha value is -0.940. The summed E-state index contributed by atoms with van der Waals surface area (Å²) in [6.45, 7) is 7.98. The second-order valence-corrected chi connectivity index (χ2v) is 5.02. The molecular weight excluding hydrogens is 234 g/mol. The number of hydrogen-bond acceptors (Lipinski definition) is 5. The van der Waals surface area contributed by atoms with Crippen molar-refractivity contribution < 1.29 is 19.2 Å². The van der Waals surface area contributed by atoms with E-state index in [0.717, 1.165) is 0 Å². The Balaban J connectivity index is 2.64. The molecule has 18 heavy (non-hydrogen) atoms. The fraction of sp³-hybridized carbons (Fsp3) is 0.846. The van der Waals surface area contributed by atoms with Crippen LogP contribution in [0.25, 0.3) is 0 Å². The van der Waals surface area contributed by atoms with E-state index in [2.05, 4.69) is 13.8 Å². The summed E-state index contributed by atoms with van der Waals surface area (Å²) in [5.41, 5.74) is 0. The lowest BCUT2D eigenvalue weighted by atomic mass is 10.1. The first-order valence-corrected chi connectivity index (χ1v) is 6.55. The topological polar surface area (TPSA) is 55.8 Å². The van der Waals surface area contributed by atoms with Crippen molar-refractivity contribution in [2.45, 2.75) is 59.2 Å². The fourth-order valence-electron chi connectivity index (χ4n) is 1.90. The molecule has 0 saturated carbocycles. The molecule has 104 valence electrons. The second kappa shape index (κ2) is 6.85. The Morgan fingerprint density at radius 2 is 2.11 bits per heavy atom. The molecule has 0 unspecified atom stereocenters. The van der Waals surface area contributed by atoms with Crippen LogP contribution in [0.4, 0.5) is 0 Å². The van der Waals surface area contributed by atoms with Gasteiger partial charge in [0.1, 0.15) is 12.0 Å². The Kier molecular flexibility index (Phi) is 5.75. The molecule has 5 heteroatoms. The Morgan fingerprint density at radius 1 is 1.44 bits per heavy atom. The average Bonchev–Trinajstić information content (AvgIpc) is 2.69. The maximum atomic E-state index is 11.4. The van der Waals surface area contributed by atoms with Crippen molar-refractivity contribution in [1.29, 1.82) is 0 Å². The summed E-state index contributed by atoms with van der Waals surface area (Å²) in [5.74, 6) is 0.185. The van der Waals surface area contributed by atoms with Gasteiger partial charge in [0.15, 0.2) is 0 Å². The first-order valence-electron chi connectivity index (χ1n) is 6.55. The molecule has 0 spiro atoms. The number of hydrogen-bond donors (Lipinski definition) is 0. The molecule has 1 fully saturated rings. The summed E-state index contributed by atoms with van der Waals surface area (Å²) in [5, 5.41) is 1.64. The van der Waals surface area contributed by atoms with E-state index in [1.807, 2.05) is 0 Å². The molecule has 1 aliphatic heterocycles. The predicted molar refractivity (Wildman–Crippen MR) is 66.5 cm³/mol. The smallest absolute Gasteiger partial charge is 0.324 e. The average molecular weight is 257 g/mol. The monoisotopic (exact) mass is 257 g/mol. The van der Waals surface area contributed by atoms with Crippen LogP contribution in [0.15, 0.2) is 0 Å². The standard InChI is InChI=1S/C13H23NO4/c1-5-13(16)18-14-11(9(2)3)8-17-12(14)7-6-10(4)15/h9,11-12H,5-8H2,1-4H3/t11-,12+/m1/s1. The second-order valence-electron chi connectivity index (χ2n) is 5.02. The number of ether oxygens (including phenoxy) is 1. The molecular formula is C13H23NO4. The minimum atomic E-state index is -0.295. The summed E-state index contributed by atoms with van der Waals surface area (Å²) in [4.78, 5) is 27.8. The van der Waals surface area contributed by atoms with E-state index in [0.29, 0.717) is 31.8 Å². The highest BCUT2D eigenvalue weighted by molar-refractivity contribution is 5.75. The first-order chi connectivity index (χ1) is 8.45. The van der Waals surface area contributed by atoms with Gasteiger partial charge in [-0.1, -0.05) is 20.8 Å². The zero-order chi connectivity index (χ0) is 13.7. The minimum Gasteiger partial charge on any atom is -0.365 e. The lowest BCUT2D eigenvalue weighted by Crippen LogP contribution is -2.41. The molecule has 0 aliphatic carbocycles. The van der Waals surface area contributed by atoms with E-state index in [-0.39, 0.29) is 24.0 Å². The molecule has 1 rings (SSSR count). The van der Waals surface area contributed by atoms with E-state index in [1.165, 1.54) is 0 Å². The Bertz CT molecular complexity index is 303. The van der Waals surface area contributed by atoms with Crippen LogP contribution in [0.1, 0.15) is 47.0 Å². The van der Waals surface area contributed by atoms with Gasteiger partial charge in [-0.3, -0.25) is 4.79 Å². The van der Waals surface area contributed by atoms with Crippen molar-refractivity contribution in [3.63, 3.8) is 0 Å². The number of carbonyl (C=O) groups is 2. The summed E-state index contributed by atoms with van der Waals surface area (Å²) in [6.07, 6.45) is 1.04. The van der Waals surface area contributed by atoms with Gasteiger partial charge in [-0.15, -0.1) is 5.06 Å². The van der Waals surface area contributed by atoms with Gasteiger partial charge in [-0.2, -0.15) is 0 Å². The van der Waals surface area contributed by atoms with Crippen LogP contribution in [0, 0.1) is 5.92 Å². The van der Waals surface area contributed by atoms with Crippen LogP contribution in [-0.2, 0) is 19.2 Å². The summed E-state index contributed by atoms with van der Waals surface area (Å²) in [6, 6.07) is 0.0671.